The summed E-state index contributed by atoms with van der Waals surface area (Å²) in [5.74, 6) is 0.0994. The van der Waals surface area contributed by atoms with Gasteiger partial charge in [0.05, 0.1) is 17.4 Å². The molecule has 0 bridgehead atoms. The van der Waals surface area contributed by atoms with E-state index in [0.717, 1.165) is 39.3 Å². The number of halogens is 1. The number of hydrogen-bond acceptors (Lipinski definition) is 7. The Hall–Kier alpha value is -3.60. The van der Waals surface area contributed by atoms with Crippen molar-refractivity contribution in [2.24, 2.45) is 0 Å². The van der Waals surface area contributed by atoms with E-state index in [4.69, 9.17) is 4.74 Å². The number of carbonyl (C=O) groups is 1. The van der Waals surface area contributed by atoms with Crippen molar-refractivity contribution in [2.75, 3.05) is 18.0 Å². The van der Waals surface area contributed by atoms with Crippen molar-refractivity contribution < 1.29 is 13.4 Å². The fraction of sp³-hybridized carbons (Fsp3) is 0.407. The molecule has 0 radical (unpaired) electrons. The number of fused-ring (bicyclic) bond motifs is 1. The molecule has 1 aliphatic heterocycles. The normalized spacial score (nSPS) is 14.3. The smallest absolute Gasteiger partial charge is 0.407 e. The third kappa shape index (κ3) is 5.07. The summed E-state index contributed by atoms with van der Waals surface area (Å²) in [6.07, 6.45) is 2.98. The Bertz CT molecular complexity index is 1470. The quantitative estimate of drug-likeness (QED) is 0.333. The zero-order valence-electron chi connectivity index (χ0n) is 22.4. The summed E-state index contributed by atoms with van der Waals surface area (Å²) in [6.45, 7) is 13.1. The van der Waals surface area contributed by atoms with Gasteiger partial charge in [-0.3, -0.25) is 0 Å². The zero-order chi connectivity index (χ0) is 27.2. The van der Waals surface area contributed by atoms with Crippen LogP contribution in [0.2, 0.25) is 0 Å². The highest BCUT2D eigenvalue weighted by molar-refractivity contribution is 7.92. The minimum atomic E-state index is -0.520. The van der Waals surface area contributed by atoms with E-state index in [2.05, 4.69) is 39.2 Å². The number of aryl methyl sites for hydroxylation is 1. The molecule has 4 heterocycles. The van der Waals surface area contributed by atoms with Crippen LogP contribution in [0.1, 0.15) is 51.7 Å². The highest BCUT2D eigenvalue weighted by atomic mass is 32.2. The fourth-order valence-corrected chi connectivity index (χ4v) is 5.18. The summed E-state index contributed by atoms with van der Waals surface area (Å²) in [5.41, 5.74) is 6.41. The first-order valence-electron chi connectivity index (χ1n) is 12.6. The molecule has 0 spiro atoms. The Morgan fingerprint density at radius 3 is 2.53 bits per heavy atom. The van der Waals surface area contributed by atoms with E-state index in [1.807, 2.05) is 64.2 Å². The maximum atomic E-state index is 14.2. The SMILES string of the molecule is Cc1cc(-c2c(C(C)C)c(-c3ccc(N4CC(NC(=O)OC(C)(C)C)C4)cc3)nn2SF)cn2ncnc12. The van der Waals surface area contributed by atoms with Crippen LogP contribution < -0.4 is 10.2 Å². The molecule has 38 heavy (non-hydrogen) atoms. The first kappa shape index (κ1) is 26.0. The molecule has 1 saturated heterocycles. The lowest BCUT2D eigenvalue weighted by molar-refractivity contribution is 0.0496. The molecule has 200 valence electrons. The number of aromatic nitrogens is 5. The molecule has 0 unspecified atom stereocenters. The summed E-state index contributed by atoms with van der Waals surface area (Å²) < 4.78 is 22.6. The number of amides is 1. The number of rotatable bonds is 6. The summed E-state index contributed by atoms with van der Waals surface area (Å²) >= 11 is 0.0870. The van der Waals surface area contributed by atoms with Gasteiger partial charge in [-0.2, -0.15) is 14.3 Å². The van der Waals surface area contributed by atoms with E-state index in [9.17, 15) is 8.68 Å². The van der Waals surface area contributed by atoms with Crippen molar-refractivity contribution in [2.45, 2.75) is 59.1 Å². The molecule has 9 nitrogen and oxygen atoms in total. The second-order valence-electron chi connectivity index (χ2n) is 10.9. The van der Waals surface area contributed by atoms with Crippen molar-refractivity contribution >= 4 is 29.8 Å². The molecule has 1 aliphatic rings. The molecule has 0 aliphatic carbocycles. The third-order valence-electron chi connectivity index (χ3n) is 6.48. The fourth-order valence-electron chi connectivity index (χ4n) is 4.79. The van der Waals surface area contributed by atoms with E-state index in [-0.39, 0.29) is 24.3 Å². The van der Waals surface area contributed by atoms with E-state index in [1.54, 1.807) is 4.52 Å². The van der Waals surface area contributed by atoms with E-state index >= 15 is 0 Å². The van der Waals surface area contributed by atoms with Gasteiger partial charge < -0.3 is 15.0 Å². The molecule has 0 saturated carbocycles. The molecular formula is C27H32FN7O2S. The molecule has 1 fully saturated rings. The van der Waals surface area contributed by atoms with Crippen molar-refractivity contribution in [3.05, 3.63) is 54.0 Å². The van der Waals surface area contributed by atoms with Gasteiger partial charge in [0.25, 0.3) is 0 Å². The van der Waals surface area contributed by atoms with Gasteiger partial charge >= 0.3 is 6.09 Å². The van der Waals surface area contributed by atoms with Crippen LogP contribution in [0.15, 0.2) is 42.9 Å². The minimum absolute atomic E-state index is 0.0442. The summed E-state index contributed by atoms with van der Waals surface area (Å²) in [4.78, 5) is 18.5. The lowest BCUT2D eigenvalue weighted by atomic mass is 9.94. The number of hydrogen-bond donors (Lipinski definition) is 1. The summed E-state index contributed by atoms with van der Waals surface area (Å²) in [5, 5.41) is 11.8. The monoisotopic (exact) mass is 537 g/mol. The zero-order valence-corrected chi connectivity index (χ0v) is 23.2. The molecule has 0 atom stereocenters. The first-order chi connectivity index (χ1) is 18.0. The average Bonchev–Trinajstić information content (AvgIpc) is 3.45. The number of alkyl carbamates (subject to hydrolysis) is 1. The molecule has 1 amide bonds. The molecular weight excluding hydrogens is 505 g/mol. The van der Waals surface area contributed by atoms with E-state index in [0.29, 0.717) is 18.8 Å². The Morgan fingerprint density at radius 2 is 1.89 bits per heavy atom. The first-order valence-corrected chi connectivity index (χ1v) is 13.3. The number of pyridine rings is 1. The van der Waals surface area contributed by atoms with Crippen LogP contribution in [0.3, 0.4) is 0 Å². The number of carbonyl (C=O) groups excluding carboxylic acids is 1. The molecule has 4 aromatic rings. The van der Waals surface area contributed by atoms with Crippen molar-refractivity contribution in [3.63, 3.8) is 0 Å². The van der Waals surface area contributed by atoms with Gasteiger partial charge in [0.1, 0.15) is 11.9 Å². The van der Waals surface area contributed by atoms with Crippen LogP contribution in [0.5, 0.6) is 0 Å². The lowest BCUT2D eigenvalue weighted by Crippen LogP contribution is -2.60. The standard InChI is InChI=1S/C27H32FN7O2S/c1-16(2)22-23(32-35(38-28)24(22)19-11-17(3)25-29-15-30-34(25)12-19)18-7-9-21(10-8-18)33-13-20(14-33)31-26(36)37-27(4,5)6/h7-12,15-16,20H,13-14H2,1-6H3,(H,31,36). The number of nitrogens with zero attached hydrogens (tertiary/aromatic N) is 6. The van der Waals surface area contributed by atoms with Crippen LogP contribution in [0, 0.1) is 6.92 Å². The van der Waals surface area contributed by atoms with Crippen molar-refractivity contribution in [3.8, 4) is 22.5 Å². The Morgan fingerprint density at radius 1 is 1.18 bits per heavy atom. The second kappa shape index (κ2) is 9.94. The van der Waals surface area contributed by atoms with Gasteiger partial charge in [-0.05, 0) is 57.4 Å². The molecule has 3 aromatic heterocycles. The van der Waals surface area contributed by atoms with Crippen molar-refractivity contribution in [1.29, 1.82) is 0 Å². The van der Waals surface area contributed by atoms with Crippen LogP contribution in [-0.2, 0) is 4.74 Å². The molecule has 1 N–H and O–H groups in total. The second-order valence-corrected chi connectivity index (χ2v) is 11.4. The molecule has 1 aromatic carbocycles. The number of ether oxygens (including phenoxy) is 1. The van der Waals surface area contributed by atoms with Crippen LogP contribution in [-0.4, -0.2) is 54.6 Å². The van der Waals surface area contributed by atoms with Gasteiger partial charge in [0.2, 0.25) is 0 Å². The Balaban J connectivity index is 1.39. The van der Waals surface area contributed by atoms with Gasteiger partial charge in [0, 0.05) is 41.7 Å². The van der Waals surface area contributed by atoms with Crippen molar-refractivity contribution in [1.82, 2.24) is 29.1 Å². The average molecular weight is 538 g/mol. The predicted octanol–water partition coefficient (Wildman–Crippen LogP) is 5.79. The van der Waals surface area contributed by atoms with Crippen LogP contribution in [0.25, 0.3) is 28.2 Å². The Labute approximate surface area is 225 Å². The van der Waals surface area contributed by atoms with Gasteiger partial charge in [-0.1, -0.05) is 26.0 Å². The minimum Gasteiger partial charge on any atom is -0.444 e. The predicted molar refractivity (Wildman–Crippen MR) is 148 cm³/mol. The van der Waals surface area contributed by atoms with Crippen LogP contribution >= 0.6 is 12.3 Å². The largest absolute Gasteiger partial charge is 0.444 e. The van der Waals surface area contributed by atoms with E-state index < -0.39 is 11.7 Å². The number of anilines is 1. The van der Waals surface area contributed by atoms with Gasteiger partial charge in [-0.25, -0.2) is 14.3 Å². The molecule has 11 heteroatoms. The molecule has 5 rings (SSSR count). The number of benzene rings is 1. The summed E-state index contributed by atoms with van der Waals surface area (Å²) in [6, 6.07) is 10.1. The number of nitrogens with one attached hydrogen (secondary N) is 1. The Kier molecular flexibility index (Phi) is 6.81. The topological polar surface area (TPSA) is 89.6 Å². The lowest BCUT2D eigenvalue weighted by Gasteiger charge is -2.41. The van der Waals surface area contributed by atoms with E-state index in [1.165, 1.54) is 10.4 Å². The van der Waals surface area contributed by atoms with Crippen LogP contribution in [0.4, 0.5) is 14.4 Å². The highest BCUT2D eigenvalue weighted by Gasteiger charge is 2.30. The maximum Gasteiger partial charge on any atom is 0.407 e. The third-order valence-corrected chi connectivity index (χ3v) is 6.87. The van der Waals surface area contributed by atoms with Gasteiger partial charge in [0.15, 0.2) is 18.0 Å². The highest BCUT2D eigenvalue weighted by Crippen LogP contribution is 2.40. The maximum absolute atomic E-state index is 14.2. The summed E-state index contributed by atoms with van der Waals surface area (Å²) in [7, 11) is 0. The van der Waals surface area contributed by atoms with Gasteiger partial charge in [-0.15, -0.1) is 3.89 Å².